The molecular weight excluding hydrogens is 463 g/mol. The Morgan fingerprint density at radius 2 is 1.59 bits per heavy atom. The number of aryl methyl sites for hydroxylation is 1. The molecule has 2 aromatic carbocycles. The highest BCUT2D eigenvalue weighted by Crippen LogP contribution is 2.25. The second kappa shape index (κ2) is 10.5. The smallest absolute Gasteiger partial charge is 0.406 e. The minimum Gasteiger partial charge on any atom is -0.406 e. The lowest BCUT2D eigenvalue weighted by molar-refractivity contribution is -0.274. The summed E-state index contributed by atoms with van der Waals surface area (Å²) in [5.74, 6) is -0.720. The van der Waals surface area contributed by atoms with E-state index in [0.717, 1.165) is 23.4 Å². The van der Waals surface area contributed by atoms with Crippen molar-refractivity contribution in [3.05, 3.63) is 65.2 Å². The number of halogens is 3. The highest BCUT2D eigenvalue weighted by Gasteiger charge is 2.30. The van der Waals surface area contributed by atoms with Crippen LogP contribution < -0.4 is 15.4 Å². The molecule has 0 radical (unpaired) electrons. The second-order valence-corrected chi connectivity index (χ2v) is 8.69. The summed E-state index contributed by atoms with van der Waals surface area (Å²) in [5.41, 5.74) is 2.69. The van der Waals surface area contributed by atoms with E-state index in [1.54, 1.807) is 5.38 Å². The van der Waals surface area contributed by atoms with Crippen LogP contribution in [0.1, 0.15) is 11.3 Å². The summed E-state index contributed by atoms with van der Waals surface area (Å²) in [7, 11) is 0. The molecule has 1 heterocycles. The van der Waals surface area contributed by atoms with Crippen molar-refractivity contribution in [2.45, 2.75) is 24.0 Å². The summed E-state index contributed by atoms with van der Waals surface area (Å²) in [6, 6.07) is 12.3. The number of carbonyl (C=O) groups excluding carboxylic acids is 2. The number of thioether (sulfide) groups is 1. The van der Waals surface area contributed by atoms with E-state index in [1.807, 2.05) is 31.2 Å². The van der Waals surface area contributed by atoms with E-state index in [4.69, 9.17) is 0 Å². The number of benzene rings is 2. The number of nitrogens with one attached hydrogen (secondary N) is 2. The van der Waals surface area contributed by atoms with Crippen molar-refractivity contribution in [1.82, 2.24) is 4.98 Å². The Morgan fingerprint density at radius 3 is 2.22 bits per heavy atom. The predicted molar refractivity (Wildman–Crippen MR) is 118 cm³/mol. The summed E-state index contributed by atoms with van der Waals surface area (Å²) < 4.78 is 41.0. The molecule has 0 atom stereocenters. The maximum absolute atomic E-state index is 12.2. The first-order valence-electron chi connectivity index (χ1n) is 9.26. The van der Waals surface area contributed by atoms with Crippen LogP contribution in [0.4, 0.5) is 24.5 Å². The fraction of sp³-hybridized carbons (Fsp3) is 0.190. The van der Waals surface area contributed by atoms with Crippen LogP contribution in [0, 0.1) is 6.92 Å². The largest absolute Gasteiger partial charge is 0.573 e. The van der Waals surface area contributed by atoms with Gasteiger partial charge >= 0.3 is 6.36 Å². The van der Waals surface area contributed by atoms with Crippen molar-refractivity contribution in [1.29, 1.82) is 0 Å². The number of anilines is 2. The van der Waals surface area contributed by atoms with Crippen LogP contribution in [-0.4, -0.2) is 28.9 Å². The average molecular weight is 482 g/mol. The van der Waals surface area contributed by atoms with Crippen LogP contribution in [0.3, 0.4) is 0 Å². The minimum atomic E-state index is -4.77. The molecule has 3 aromatic rings. The number of hydrogen-bond acceptors (Lipinski definition) is 6. The van der Waals surface area contributed by atoms with Gasteiger partial charge in [-0.3, -0.25) is 9.59 Å². The maximum Gasteiger partial charge on any atom is 0.573 e. The number of ether oxygens (including phenoxy) is 1. The number of amides is 2. The zero-order chi connectivity index (χ0) is 23.1. The summed E-state index contributed by atoms with van der Waals surface area (Å²) in [4.78, 5) is 28.6. The SMILES string of the molecule is Cc1ccc(NC(=O)CSc2nc(CC(=O)Nc3ccc(OC(F)(F)F)cc3)cs2)cc1. The first-order chi connectivity index (χ1) is 15.2. The van der Waals surface area contributed by atoms with Gasteiger partial charge in [-0.1, -0.05) is 29.5 Å². The number of aromatic nitrogens is 1. The maximum atomic E-state index is 12.2. The van der Waals surface area contributed by atoms with Crippen LogP contribution in [0.25, 0.3) is 0 Å². The Labute approximate surface area is 190 Å². The van der Waals surface area contributed by atoms with Crippen LogP contribution >= 0.6 is 23.1 Å². The monoisotopic (exact) mass is 481 g/mol. The van der Waals surface area contributed by atoms with Crippen molar-refractivity contribution in [2.75, 3.05) is 16.4 Å². The Hall–Kier alpha value is -3.05. The van der Waals surface area contributed by atoms with Gasteiger partial charge in [0.25, 0.3) is 0 Å². The van der Waals surface area contributed by atoms with Crippen LogP contribution in [0.2, 0.25) is 0 Å². The molecule has 0 unspecified atom stereocenters. The van der Waals surface area contributed by atoms with Gasteiger partial charge in [0.15, 0.2) is 4.34 Å². The van der Waals surface area contributed by atoms with Crippen molar-refractivity contribution in [3.8, 4) is 5.75 Å². The highest BCUT2D eigenvalue weighted by atomic mass is 32.2. The lowest BCUT2D eigenvalue weighted by atomic mass is 10.2. The van der Waals surface area contributed by atoms with Gasteiger partial charge in [0, 0.05) is 16.8 Å². The molecule has 0 aliphatic heterocycles. The number of thiazole rings is 1. The van der Waals surface area contributed by atoms with Gasteiger partial charge in [0.05, 0.1) is 17.9 Å². The Morgan fingerprint density at radius 1 is 1.00 bits per heavy atom. The molecule has 0 aliphatic rings. The number of hydrogen-bond donors (Lipinski definition) is 2. The molecule has 0 bridgehead atoms. The molecule has 6 nitrogen and oxygen atoms in total. The average Bonchev–Trinajstić information content (AvgIpc) is 3.16. The number of nitrogens with zero attached hydrogens (tertiary/aromatic N) is 1. The minimum absolute atomic E-state index is 0.00652. The first kappa shape index (κ1) is 23.6. The normalized spacial score (nSPS) is 11.1. The number of carbonyl (C=O) groups is 2. The summed E-state index contributed by atoms with van der Waals surface area (Å²) in [5, 5.41) is 7.12. The van der Waals surface area contributed by atoms with Crippen molar-refractivity contribution in [2.24, 2.45) is 0 Å². The molecular formula is C21H18F3N3O3S2. The van der Waals surface area contributed by atoms with Crippen molar-refractivity contribution in [3.63, 3.8) is 0 Å². The molecule has 0 saturated carbocycles. The zero-order valence-electron chi connectivity index (χ0n) is 16.7. The Balaban J connectivity index is 1.44. The molecule has 1 aromatic heterocycles. The fourth-order valence-corrected chi connectivity index (χ4v) is 4.15. The summed E-state index contributed by atoms with van der Waals surface area (Å²) in [6.07, 6.45) is -4.78. The van der Waals surface area contributed by atoms with Gasteiger partial charge in [-0.15, -0.1) is 24.5 Å². The van der Waals surface area contributed by atoms with E-state index >= 15 is 0 Å². The third-order valence-corrected chi connectivity index (χ3v) is 5.98. The number of alkyl halides is 3. The lowest BCUT2D eigenvalue weighted by Gasteiger charge is -2.09. The molecule has 2 N–H and O–H groups in total. The third-order valence-electron chi connectivity index (χ3n) is 3.91. The van der Waals surface area contributed by atoms with E-state index in [9.17, 15) is 22.8 Å². The van der Waals surface area contributed by atoms with Crippen LogP contribution in [0.5, 0.6) is 5.75 Å². The van der Waals surface area contributed by atoms with Gasteiger partial charge in [-0.2, -0.15) is 0 Å². The van der Waals surface area contributed by atoms with E-state index in [2.05, 4.69) is 20.4 Å². The van der Waals surface area contributed by atoms with Gasteiger partial charge in [-0.05, 0) is 43.3 Å². The van der Waals surface area contributed by atoms with Gasteiger partial charge in [-0.25, -0.2) is 4.98 Å². The lowest BCUT2D eigenvalue weighted by Crippen LogP contribution is -2.17. The topological polar surface area (TPSA) is 80.3 Å². The molecule has 3 rings (SSSR count). The molecule has 32 heavy (non-hydrogen) atoms. The third kappa shape index (κ3) is 7.89. The van der Waals surface area contributed by atoms with E-state index < -0.39 is 6.36 Å². The predicted octanol–water partition coefficient (Wildman–Crippen LogP) is 5.26. The first-order valence-corrected chi connectivity index (χ1v) is 11.1. The van der Waals surface area contributed by atoms with Crippen molar-refractivity contribution < 1.29 is 27.5 Å². The summed E-state index contributed by atoms with van der Waals surface area (Å²) >= 11 is 2.59. The van der Waals surface area contributed by atoms with Gasteiger partial charge < -0.3 is 15.4 Å². The molecule has 2 amide bonds. The molecule has 0 spiro atoms. The van der Waals surface area contributed by atoms with E-state index in [0.29, 0.717) is 15.7 Å². The van der Waals surface area contributed by atoms with E-state index in [1.165, 1.54) is 35.2 Å². The fourth-order valence-electron chi connectivity index (χ4n) is 2.51. The Bertz CT molecular complexity index is 1070. The number of rotatable bonds is 8. The van der Waals surface area contributed by atoms with Crippen LogP contribution in [0.15, 0.2) is 58.3 Å². The quantitative estimate of drug-likeness (QED) is 0.429. The molecule has 11 heteroatoms. The molecule has 0 saturated heterocycles. The van der Waals surface area contributed by atoms with E-state index in [-0.39, 0.29) is 29.7 Å². The van der Waals surface area contributed by atoms with Crippen molar-refractivity contribution >= 4 is 46.3 Å². The Kier molecular flexibility index (Phi) is 7.75. The van der Waals surface area contributed by atoms with Gasteiger partial charge in [0.1, 0.15) is 5.75 Å². The highest BCUT2D eigenvalue weighted by molar-refractivity contribution is 8.01. The van der Waals surface area contributed by atoms with Gasteiger partial charge in [0.2, 0.25) is 11.8 Å². The molecule has 0 aliphatic carbocycles. The summed E-state index contributed by atoms with van der Waals surface area (Å²) in [6.45, 7) is 1.96. The standard InChI is InChI=1S/C21H18F3N3O3S2/c1-13-2-4-14(5-3-13)26-19(29)12-32-20-27-16(11-31-20)10-18(28)25-15-6-8-17(9-7-15)30-21(22,23)24/h2-9,11H,10,12H2,1H3,(H,25,28)(H,26,29). The molecule has 0 fully saturated rings. The molecule has 168 valence electrons. The zero-order valence-corrected chi connectivity index (χ0v) is 18.4. The second-order valence-electron chi connectivity index (χ2n) is 6.60. The van der Waals surface area contributed by atoms with Crippen LogP contribution in [-0.2, 0) is 16.0 Å².